The normalized spacial score (nSPS) is 11.7. The second-order valence-corrected chi connectivity index (χ2v) is 8.47. The Balaban J connectivity index is 1.78. The van der Waals surface area contributed by atoms with Gasteiger partial charge in [-0.25, -0.2) is 12.7 Å². The van der Waals surface area contributed by atoms with E-state index < -0.39 is 10.0 Å². The third kappa shape index (κ3) is 4.73. The topological polar surface area (TPSA) is 115 Å². The minimum atomic E-state index is -3.70. The summed E-state index contributed by atoms with van der Waals surface area (Å²) >= 11 is 0. The standard InChI is InChI=1S/C20H20N4O5S/c1-24(2)30(26,27)18-11-14(7-9-17(18)28-3)8-10-19(25)22-16-6-4-5-15(12-16)20-23-21-13-29-20/h4-13H,1-3H3,(H,22,25)/b10-8+. The highest BCUT2D eigenvalue weighted by atomic mass is 32.2. The van der Waals surface area contributed by atoms with Crippen molar-refractivity contribution in [1.82, 2.24) is 14.5 Å². The summed E-state index contributed by atoms with van der Waals surface area (Å²) in [6.45, 7) is 0. The fourth-order valence-corrected chi connectivity index (χ4v) is 3.66. The first-order chi connectivity index (χ1) is 14.3. The zero-order valence-corrected chi connectivity index (χ0v) is 17.4. The molecule has 0 spiro atoms. The maximum Gasteiger partial charge on any atom is 0.248 e. The van der Waals surface area contributed by atoms with Crippen molar-refractivity contribution in [3.63, 3.8) is 0 Å². The number of amides is 1. The summed E-state index contributed by atoms with van der Waals surface area (Å²) in [6, 6.07) is 11.6. The highest BCUT2D eigenvalue weighted by Gasteiger charge is 2.22. The molecular formula is C20H20N4O5S. The Morgan fingerprint density at radius 3 is 2.67 bits per heavy atom. The van der Waals surface area contributed by atoms with Gasteiger partial charge in [-0.3, -0.25) is 4.79 Å². The molecule has 1 N–H and O–H groups in total. The molecule has 0 aliphatic rings. The van der Waals surface area contributed by atoms with Crippen LogP contribution in [0.1, 0.15) is 5.56 Å². The van der Waals surface area contributed by atoms with Gasteiger partial charge in [0.2, 0.25) is 28.2 Å². The lowest BCUT2D eigenvalue weighted by atomic mass is 10.2. The number of carbonyl (C=O) groups excluding carboxylic acids is 1. The molecule has 30 heavy (non-hydrogen) atoms. The molecule has 0 unspecified atom stereocenters. The molecule has 1 aromatic heterocycles. The van der Waals surface area contributed by atoms with Gasteiger partial charge in [-0.05, 0) is 42.0 Å². The maximum absolute atomic E-state index is 12.5. The summed E-state index contributed by atoms with van der Waals surface area (Å²) < 4.78 is 36.4. The van der Waals surface area contributed by atoms with Crippen molar-refractivity contribution in [3.05, 3.63) is 60.5 Å². The molecule has 1 heterocycles. The van der Waals surface area contributed by atoms with Crippen LogP contribution in [0.25, 0.3) is 17.5 Å². The molecule has 3 rings (SSSR count). The molecule has 0 aliphatic carbocycles. The van der Waals surface area contributed by atoms with E-state index in [1.807, 2.05) is 0 Å². The number of nitrogens with one attached hydrogen (secondary N) is 1. The highest BCUT2D eigenvalue weighted by Crippen LogP contribution is 2.27. The van der Waals surface area contributed by atoms with E-state index in [9.17, 15) is 13.2 Å². The van der Waals surface area contributed by atoms with E-state index >= 15 is 0 Å². The first-order valence-electron chi connectivity index (χ1n) is 8.77. The van der Waals surface area contributed by atoms with E-state index in [0.717, 1.165) is 4.31 Å². The van der Waals surface area contributed by atoms with E-state index in [0.29, 0.717) is 22.7 Å². The van der Waals surface area contributed by atoms with Gasteiger partial charge in [-0.15, -0.1) is 10.2 Å². The molecule has 1 amide bonds. The minimum absolute atomic E-state index is 0.0183. The summed E-state index contributed by atoms with van der Waals surface area (Å²) in [5, 5.41) is 10.2. The second-order valence-electron chi connectivity index (χ2n) is 6.34. The Hall–Kier alpha value is -3.50. The summed E-state index contributed by atoms with van der Waals surface area (Å²) in [7, 11) is 0.572. The second kappa shape index (κ2) is 8.89. The van der Waals surface area contributed by atoms with Gasteiger partial charge in [-0.2, -0.15) is 0 Å². The van der Waals surface area contributed by atoms with Crippen molar-refractivity contribution in [1.29, 1.82) is 0 Å². The van der Waals surface area contributed by atoms with Crippen LogP contribution in [0.5, 0.6) is 5.75 Å². The average Bonchev–Trinajstić information content (AvgIpc) is 3.27. The number of rotatable bonds is 7. The smallest absolute Gasteiger partial charge is 0.248 e. The number of anilines is 1. The summed E-state index contributed by atoms with van der Waals surface area (Å²) in [5.41, 5.74) is 1.75. The molecule has 10 heteroatoms. The van der Waals surface area contributed by atoms with Crippen LogP contribution < -0.4 is 10.1 Å². The molecule has 156 valence electrons. The zero-order valence-electron chi connectivity index (χ0n) is 16.6. The number of ether oxygens (including phenoxy) is 1. The number of sulfonamides is 1. The monoisotopic (exact) mass is 428 g/mol. The molecule has 0 radical (unpaired) electrons. The SMILES string of the molecule is COc1ccc(/C=C/C(=O)Nc2cccc(-c3nnco3)c2)cc1S(=O)(=O)N(C)C. The lowest BCUT2D eigenvalue weighted by molar-refractivity contribution is -0.111. The van der Waals surface area contributed by atoms with E-state index in [1.54, 1.807) is 36.4 Å². The van der Waals surface area contributed by atoms with Gasteiger partial charge in [0.15, 0.2) is 0 Å². The minimum Gasteiger partial charge on any atom is -0.495 e. The van der Waals surface area contributed by atoms with Crippen molar-refractivity contribution in [3.8, 4) is 17.2 Å². The number of carbonyl (C=O) groups is 1. The van der Waals surface area contributed by atoms with Crippen molar-refractivity contribution < 1.29 is 22.4 Å². The molecule has 0 aliphatic heterocycles. The van der Waals surface area contributed by atoms with E-state index in [1.165, 1.54) is 45.8 Å². The molecule has 0 bridgehead atoms. The van der Waals surface area contributed by atoms with Gasteiger partial charge in [0, 0.05) is 31.4 Å². The molecule has 0 saturated carbocycles. The molecule has 3 aromatic rings. The van der Waals surface area contributed by atoms with Crippen LogP contribution in [0.3, 0.4) is 0 Å². The van der Waals surface area contributed by atoms with Gasteiger partial charge >= 0.3 is 0 Å². The lowest BCUT2D eigenvalue weighted by Gasteiger charge is -2.15. The number of hydrogen-bond donors (Lipinski definition) is 1. The fourth-order valence-electron chi connectivity index (χ4n) is 2.58. The predicted molar refractivity (Wildman–Crippen MR) is 111 cm³/mol. The van der Waals surface area contributed by atoms with E-state index in [-0.39, 0.29) is 16.6 Å². The molecule has 9 nitrogen and oxygen atoms in total. The van der Waals surface area contributed by atoms with Crippen molar-refractivity contribution in [2.24, 2.45) is 0 Å². The third-order valence-electron chi connectivity index (χ3n) is 4.11. The molecular weight excluding hydrogens is 408 g/mol. The van der Waals surface area contributed by atoms with E-state index in [4.69, 9.17) is 9.15 Å². The van der Waals surface area contributed by atoms with Gasteiger partial charge in [0.05, 0.1) is 7.11 Å². The number of methoxy groups -OCH3 is 1. The van der Waals surface area contributed by atoms with Crippen molar-refractivity contribution in [2.75, 3.05) is 26.5 Å². The van der Waals surface area contributed by atoms with E-state index in [2.05, 4.69) is 15.5 Å². The molecule has 2 aromatic carbocycles. The number of nitrogens with zero attached hydrogens (tertiary/aromatic N) is 3. The van der Waals surface area contributed by atoms with Gasteiger partial charge in [-0.1, -0.05) is 12.1 Å². The van der Waals surface area contributed by atoms with Crippen LogP contribution in [0, 0.1) is 0 Å². The van der Waals surface area contributed by atoms with Crippen LogP contribution in [-0.2, 0) is 14.8 Å². The zero-order chi connectivity index (χ0) is 21.7. The summed E-state index contributed by atoms with van der Waals surface area (Å²) in [4.78, 5) is 12.3. The molecule has 0 fully saturated rings. The lowest BCUT2D eigenvalue weighted by Crippen LogP contribution is -2.22. The van der Waals surface area contributed by atoms with Crippen LogP contribution in [-0.4, -0.2) is 50.0 Å². The van der Waals surface area contributed by atoms with Crippen LogP contribution in [0.15, 0.2) is 64.2 Å². The average molecular weight is 428 g/mol. The Bertz CT molecular complexity index is 1170. The quantitative estimate of drug-likeness (QED) is 0.575. The maximum atomic E-state index is 12.5. The number of benzene rings is 2. The van der Waals surface area contributed by atoms with Crippen molar-refractivity contribution >= 4 is 27.7 Å². The van der Waals surface area contributed by atoms with Gasteiger partial charge in [0.25, 0.3) is 0 Å². The fraction of sp³-hybridized carbons (Fsp3) is 0.150. The molecule has 0 saturated heterocycles. The van der Waals surface area contributed by atoms with Gasteiger partial charge < -0.3 is 14.5 Å². The largest absolute Gasteiger partial charge is 0.495 e. The Morgan fingerprint density at radius 1 is 1.20 bits per heavy atom. The predicted octanol–water partition coefficient (Wildman–Crippen LogP) is 2.65. The number of aromatic nitrogens is 2. The van der Waals surface area contributed by atoms with Crippen LogP contribution >= 0.6 is 0 Å². The van der Waals surface area contributed by atoms with Crippen molar-refractivity contribution in [2.45, 2.75) is 4.90 Å². The third-order valence-corrected chi connectivity index (χ3v) is 5.95. The van der Waals surface area contributed by atoms with Gasteiger partial charge in [0.1, 0.15) is 10.6 Å². The summed E-state index contributed by atoms with van der Waals surface area (Å²) in [6.07, 6.45) is 4.06. The number of hydrogen-bond acceptors (Lipinski definition) is 7. The highest BCUT2D eigenvalue weighted by molar-refractivity contribution is 7.89. The van der Waals surface area contributed by atoms with Crippen LogP contribution in [0.4, 0.5) is 5.69 Å². The Labute approximate surface area is 174 Å². The Kier molecular flexibility index (Phi) is 6.28. The molecule has 0 atom stereocenters. The first kappa shape index (κ1) is 21.2. The summed E-state index contributed by atoms with van der Waals surface area (Å²) in [5.74, 6) is 0.183. The Morgan fingerprint density at radius 2 is 2.00 bits per heavy atom. The van der Waals surface area contributed by atoms with Crippen LogP contribution in [0.2, 0.25) is 0 Å². The first-order valence-corrected chi connectivity index (χ1v) is 10.2.